The van der Waals surface area contributed by atoms with Crippen molar-refractivity contribution in [1.29, 1.82) is 0 Å². The Labute approximate surface area is 178 Å². The van der Waals surface area contributed by atoms with Crippen molar-refractivity contribution in [2.45, 2.75) is 25.0 Å². The zero-order valence-corrected chi connectivity index (χ0v) is 16.9. The second-order valence-electron chi connectivity index (χ2n) is 8.27. The van der Waals surface area contributed by atoms with Crippen LogP contribution in [0.5, 0.6) is 0 Å². The van der Waals surface area contributed by atoms with E-state index in [9.17, 15) is 14.3 Å². The molecule has 3 aromatic rings. The van der Waals surface area contributed by atoms with Crippen molar-refractivity contribution in [3.8, 4) is 0 Å². The molecule has 0 radical (unpaired) electrons. The van der Waals surface area contributed by atoms with E-state index in [1.165, 1.54) is 12.1 Å². The quantitative estimate of drug-likeness (QED) is 0.582. The monoisotopic (exact) mass is 425 g/mol. The average molecular weight is 425 g/mol. The molecular formula is C23H24FN3O4. The zero-order valence-electron chi connectivity index (χ0n) is 16.9. The second-order valence-corrected chi connectivity index (χ2v) is 8.27. The van der Waals surface area contributed by atoms with Crippen molar-refractivity contribution in [3.05, 3.63) is 76.0 Å². The fraction of sp³-hybridized carbons (Fsp3) is 0.348. The molecule has 0 spiro atoms. The van der Waals surface area contributed by atoms with Gasteiger partial charge in [0.1, 0.15) is 11.9 Å². The number of nitrogens with one attached hydrogen (secondary N) is 2. The van der Waals surface area contributed by atoms with Crippen LogP contribution in [0.3, 0.4) is 0 Å². The van der Waals surface area contributed by atoms with E-state index < -0.39 is 11.9 Å². The normalized spacial score (nSPS) is 24.3. The molecule has 0 bridgehead atoms. The highest BCUT2D eigenvalue weighted by Gasteiger charge is 2.30. The van der Waals surface area contributed by atoms with Crippen molar-refractivity contribution in [2.24, 2.45) is 5.92 Å². The number of aromatic amines is 1. The Balaban J connectivity index is 1.18. The maximum Gasteiger partial charge on any atom is 0.417 e. The van der Waals surface area contributed by atoms with Gasteiger partial charge < -0.3 is 9.52 Å². The first-order valence-electron chi connectivity index (χ1n) is 10.4. The van der Waals surface area contributed by atoms with E-state index >= 15 is 0 Å². The zero-order chi connectivity index (χ0) is 21.4. The van der Waals surface area contributed by atoms with Gasteiger partial charge in [-0.3, -0.25) is 20.2 Å². The molecule has 2 aliphatic rings. The van der Waals surface area contributed by atoms with Crippen LogP contribution in [-0.4, -0.2) is 46.8 Å². The Bertz CT molecular complexity index is 1150. The van der Waals surface area contributed by atoms with Gasteiger partial charge in [0.25, 0.3) is 0 Å². The van der Waals surface area contributed by atoms with E-state index in [1.54, 1.807) is 24.3 Å². The first kappa shape index (κ1) is 20.0. The summed E-state index contributed by atoms with van der Waals surface area (Å²) in [6.45, 7) is 2.11. The summed E-state index contributed by atoms with van der Waals surface area (Å²) in [4.78, 5) is 21.9. The van der Waals surface area contributed by atoms with Gasteiger partial charge in [0.05, 0.1) is 17.3 Å². The fourth-order valence-corrected chi connectivity index (χ4v) is 4.38. The smallest absolute Gasteiger partial charge is 0.408 e. The lowest BCUT2D eigenvalue weighted by Gasteiger charge is -2.36. The molecule has 31 heavy (non-hydrogen) atoms. The third-order valence-electron chi connectivity index (χ3n) is 6.06. The summed E-state index contributed by atoms with van der Waals surface area (Å²) < 4.78 is 18.2. The van der Waals surface area contributed by atoms with Crippen molar-refractivity contribution >= 4 is 16.8 Å². The highest BCUT2D eigenvalue weighted by atomic mass is 19.1. The number of hydroxylamine groups is 1. The number of fused-ring (bicyclic) bond motifs is 1. The fourth-order valence-electron chi connectivity index (χ4n) is 4.38. The molecule has 1 aromatic heterocycles. The molecule has 1 fully saturated rings. The summed E-state index contributed by atoms with van der Waals surface area (Å²) >= 11 is 0. The largest absolute Gasteiger partial charge is 0.417 e. The van der Waals surface area contributed by atoms with Gasteiger partial charge in [-0.2, -0.15) is 0 Å². The summed E-state index contributed by atoms with van der Waals surface area (Å²) in [5.41, 5.74) is 6.85. The molecule has 0 saturated carbocycles. The van der Waals surface area contributed by atoms with Gasteiger partial charge in [-0.15, -0.1) is 0 Å². The summed E-state index contributed by atoms with van der Waals surface area (Å²) in [5.74, 6) is -0.552. The SMILES string of the molecule is O=c1[nH]c2ccc(C3=CC(CN4CCC(Cc5ccc(F)cc5)C(O)C4)ON3)cc2o1. The number of likely N-dealkylation sites (tertiary alicyclic amines) is 1. The van der Waals surface area contributed by atoms with Crippen LogP contribution in [0.4, 0.5) is 4.39 Å². The van der Waals surface area contributed by atoms with E-state index in [-0.39, 0.29) is 17.8 Å². The third-order valence-corrected chi connectivity index (χ3v) is 6.06. The lowest BCUT2D eigenvalue weighted by atomic mass is 9.87. The number of rotatable bonds is 5. The first-order chi connectivity index (χ1) is 15.0. The minimum atomic E-state index is -0.476. The minimum absolute atomic E-state index is 0.148. The highest BCUT2D eigenvalue weighted by Crippen LogP contribution is 2.25. The topological polar surface area (TPSA) is 90.7 Å². The summed E-state index contributed by atoms with van der Waals surface area (Å²) in [6.07, 6.45) is 3.04. The first-order valence-corrected chi connectivity index (χ1v) is 10.4. The molecule has 2 aromatic carbocycles. The molecule has 7 nitrogen and oxygen atoms in total. The van der Waals surface area contributed by atoms with Crippen LogP contribution in [0.2, 0.25) is 0 Å². The Kier molecular flexibility index (Phi) is 5.35. The van der Waals surface area contributed by atoms with Crippen LogP contribution in [0.1, 0.15) is 17.5 Å². The molecule has 162 valence electrons. The van der Waals surface area contributed by atoms with Gasteiger partial charge in [0.2, 0.25) is 0 Å². The number of piperidine rings is 1. The van der Waals surface area contributed by atoms with Gasteiger partial charge in [0, 0.05) is 18.7 Å². The Morgan fingerprint density at radius 1 is 1.19 bits per heavy atom. The number of β-amino-alcohol motifs (C(OH)–C–C–N with tert-alkyl or cyclic N) is 1. The Morgan fingerprint density at radius 2 is 2.03 bits per heavy atom. The lowest BCUT2D eigenvalue weighted by molar-refractivity contribution is -0.0145. The van der Waals surface area contributed by atoms with E-state index in [4.69, 9.17) is 9.25 Å². The van der Waals surface area contributed by atoms with Crippen molar-refractivity contribution in [3.63, 3.8) is 0 Å². The molecular weight excluding hydrogens is 401 g/mol. The number of aliphatic hydroxyl groups excluding tert-OH is 1. The number of halogens is 1. The van der Waals surface area contributed by atoms with Crippen molar-refractivity contribution < 1.29 is 18.8 Å². The second kappa shape index (κ2) is 8.30. The maximum atomic E-state index is 13.1. The van der Waals surface area contributed by atoms with Crippen LogP contribution >= 0.6 is 0 Å². The minimum Gasteiger partial charge on any atom is -0.408 e. The number of benzene rings is 2. The van der Waals surface area contributed by atoms with E-state index in [0.29, 0.717) is 24.2 Å². The Morgan fingerprint density at radius 3 is 2.84 bits per heavy atom. The van der Waals surface area contributed by atoms with Crippen LogP contribution in [0.25, 0.3) is 16.8 Å². The average Bonchev–Trinajstić information content (AvgIpc) is 3.36. The van der Waals surface area contributed by atoms with Gasteiger partial charge in [0.15, 0.2) is 5.58 Å². The number of hydrogen-bond acceptors (Lipinski definition) is 6. The highest BCUT2D eigenvalue weighted by molar-refractivity contribution is 5.78. The predicted molar refractivity (Wildman–Crippen MR) is 113 cm³/mol. The molecule has 0 aliphatic carbocycles. The summed E-state index contributed by atoms with van der Waals surface area (Å²) in [6, 6.07) is 12.0. The lowest BCUT2D eigenvalue weighted by Crippen LogP contribution is -2.47. The molecule has 3 atom stereocenters. The van der Waals surface area contributed by atoms with Crippen LogP contribution in [0, 0.1) is 11.7 Å². The number of nitrogens with zero attached hydrogens (tertiary/aromatic N) is 1. The number of aliphatic hydroxyl groups is 1. The van der Waals surface area contributed by atoms with Crippen molar-refractivity contribution in [1.82, 2.24) is 15.4 Å². The van der Waals surface area contributed by atoms with Crippen LogP contribution in [-0.2, 0) is 11.3 Å². The van der Waals surface area contributed by atoms with Gasteiger partial charge >= 0.3 is 5.76 Å². The molecule has 2 aliphatic heterocycles. The number of H-pyrrole nitrogens is 1. The standard InChI is InChI=1S/C23H24FN3O4/c24-17-4-1-14(2-5-17)9-16-7-8-27(13-21(16)28)12-18-11-20(26-31-18)15-3-6-19-22(10-15)30-23(29)25-19/h1-6,10-11,16,18,21,26,28H,7-9,12-13H2,(H,25,29). The maximum absolute atomic E-state index is 13.1. The van der Waals surface area contributed by atoms with Crippen molar-refractivity contribution in [2.75, 3.05) is 19.6 Å². The molecule has 0 amide bonds. The summed E-state index contributed by atoms with van der Waals surface area (Å²) in [5, 5.41) is 10.6. The third kappa shape index (κ3) is 4.41. The van der Waals surface area contributed by atoms with E-state index in [1.807, 2.05) is 12.1 Å². The number of aromatic nitrogens is 1. The number of hydrogen-bond donors (Lipinski definition) is 3. The Hall–Kier alpha value is -2.94. The molecule has 3 N–H and O–H groups in total. The molecule has 3 heterocycles. The van der Waals surface area contributed by atoms with Crippen LogP contribution < -0.4 is 11.2 Å². The van der Waals surface area contributed by atoms with Gasteiger partial charge in [-0.05, 0) is 61.2 Å². The predicted octanol–water partition coefficient (Wildman–Crippen LogP) is 2.43. The summed E-state index contributed by atoms with van der Waals surface area (Å²) in [7, 11) is 0. The molecule has 8 heteroatoms. The molecule has 5 rings (SSSR count). The number of oxazole rings is 1. The van der Waals surface area contributed by atoms with E-state index in [2.05, 4.69) is 15.4 Å². The van der Waals surface area contributed by atoms with Gasteiger partial charge in [-0.25, -0.2) is 9.18 Å². The van der Waals surface area contributed by atoms with E-state index in [0.717, 1.165) is 36.2 Å². The molecule has 1 saturated heterocycles. The molecule has 3 unspecified atom stereocenters. The van der Waals surface area contributed by atoms with Gasteiger partial charge in [-0.1, -0.05) is 18.2 Å². The van der Waals surface area contributed by atoms with Crippen LogP contribution in [0.15, 0.2) is 57.8 Å².